The van der Waals surface area contributed by atoms with Crippen molar-refractivity contribution in [1.29, 1.82) is 0 Å². The highest BCUT2D eigenvalue weighted by atomic mass is 16.5. The van der Waals surface area contributed by atoms with E-state index in [1.54, 1.807) is 44.6 Å². The maximum atomic E-state index is 10.8. The summed E-state index contributed by atoms with van der Waals surface area (Å²) in [4.78, 5) is 14.8. The van der Waals surface area contributed by atoms with Gasteiger partial charge in [-0.3, -0.25) is 0 Å². The predicted molar refractivity (Wildman–Crippen MR) is 67.5 cm³/mol. The smallest absolute Gasteiger partial charge is 0.372 e. The first-order chi connectivity index (χ1) is 9.10. The molecule has 0 aliphatic heterocycles. The van der Waals surface area contributed by atoms with Gasteiger partial charge in [0.2, 0.25) is 5.82 Å². The summed E-state index contributed by atoms with van der Waals surface area (Å²) in [6.45, 7) is 0.216. The van der Waals surface area contributed by atoms with Gasteiger partial charge in [-0.05, 0) is 24.3 Å². The molecule has 0 spiro atoms. The Morgan fingerprint density at radius 3 is 2.47 bits per heavy atom. The van der Waals surface area contributed by atoms with Crippen molar-refractivity contribution >= 4 is 5.97 Å². The van der Waals surface area contributed by atoms with Crippen molar-refractivity contribution in [1.82, 2.24) is 9.55 Å². The van der Waals surface area contributed by atoms with Crippen molar-refractivity contribution in [2.45, 2.75) is 6.61 Å². The molecule has 0 aliphatic rings. The average Bonchev–Trinajstić information content (AvgIpc) is 2.78. The molecular weight excluding hydrogens is 248 g/mol. The van der Waals surface area contributed by atoms with Crippen LogP contribution in [0, 0.1) is 0 Å². The third kappa shape index (κ3) is 3.04. The molecule has 0 fully saturated rings. The topological polar surface area (TPSA) is 73.6 Å². The highest BCUT2D eigenvalue weighted by Crippen LogP contribution is 2.18. The number of methoxy groups -OCH3 is 1. The number of benzene rings is 1. The molecule has 0 radical (unpaired) electrons. The lowest BCUT2D eigenvalue weighted by Gasteiger charge is -2.05. The van der Waals surface area contributed by atoms with Crippen molar-refractivity contribution in [3.05, 3.63) is 42.0 Å². The summed E-state index contributed by atoms with van der Waals surface area (Å²) in [6, 6.07) is 7.13. The average molecular weight is 262 g/mol. The van der Waals surface area contributed by atoms with Gasteiger partial charge in [-0.25, -0.2) is 9.78 Å². The van der Waals surface area contributed by atoms with E-state index in [0.717, 1.165) is 5.75 Å². The normalized spacial score (nSPS) is 10.2. The molecule has 2 aromatic rings. The summed E-state index contributed by atoms with van der Waals surface area (Å²) in [5.74, 6) is 0.355. The van der Waals surface area contributed by atoms with Crippen LogP contribution in [-0.2, 0) is 13.7 Å². The van der Waals surface area contributed by atoms with Crippen LogP contribution in [0.2, 0.25) is 0 Å². The SMILES string of the molecule is COc1ccc(OCc2cn(C)c(C(=O)O)n2)cc1. The molecule has 0 unspecified atom stereocenters. The van der Waals surface area contributed by atoms with Crippen LogP contribution in [-0.4, -0.2) is 27.7 Å². The predicted octanol–water partition coefficient (Wildman–Crippen LogP) is 1.71. The summed E-state index contributed by atoms with van der Waals surface area (Å²) < 4.78 is 12.0. The first kappa shape index (κ1) is 12.9. The maximum Gasteiger partial charge on any atom is 0.372 e. The molecule has 0 atom stereocenters. The Hall–Kier alpha value is -2.50. The summed E-state index contributed by atoms with van der Waals surface area (Å²) in [5.41, 5.74) is 0.565. The number of carboxylic acid groups (broad SMARTS) is 1. The van der Waals surface area contributed by atoms with Crippen LogP contribution in [0.1, 0.15) is 16.3 Å². The van der Waals surface area contributed by atoms with Crippen molar-refractivity contribution in [3.63, 3.8) is 0 Å². The second kappa shape index (κ2) is 5.43. The molecule has 0 saturated heterocycles. The van der Waals surface area contributed by atoms with E-state index in [4.69, 9.17) is 14.6 Å². The van der Waals surface area contributed by atoms with Gasteiger partial charge in [-0.1, -0.05) is 0 Å². The van der Waals surface area contributed by atoms with E-state index in [1.165, 1.54) is 4.57 Å². The van der Waals surface area contributed by atoms with Crippen LogP contribution in [0.4, 0.5) is 0 Å². The third-order valence-corrected chi connectivity index (χ3v) is 2.56. The zero-order chi connectivity index (χ0) is 13.8. The first-order valence-electron chi connectivity index (χ1n) is 5.62. The molecule has 2 rings (SSSR count). The van der Waals surface area contributed by atoms with Crippen molar-refractivity contribution in [2.24, 2.45) is 7.05 Å². The van der Waals surface area contributed by atoms with Gasteiger partial charge in [0.15, 0.2) is 0 Å². The van der Waals surface area contributed by atoms with E-state index >= 15 is 0 Å². The highest BCUT2D eigenvalue weighted by Gasteiger charge is 2.12. The van der Waals surface area contributed by atoms with Crippen LogP contribution in [0.15, 0.2) is 30.5 Å². The van der Waals surface area contributed by atoms with Gasteiger partial charge in [0.25, 0.3) is 0 Å². The number of carbonyl (C=O) groups is 1. The Morgan fingerprint density at radius 2 is 1.95 bits per heavy atom. The van der Waals surface area contributed by atoms with Gasteiger partial charge in [-0.2, -0.15) is 0 Å². The first-order valence-corrected chi connectivity index (χ1v) is 5.62. The Labute approximate surface area is 110 Å². The van der Waals surface area contributed by atoms with Crippen LogP contribution < -0.4 is 9.47 Å². The second-order valence-electron chi connectivity index (χ2n) is 3.94. The Kier molecular flexibility index (Phi) is 3.70. The monoisotopic (exact) mass is 262 g/mol. The molecule has 0 saturated carbocycles. The lowest BCUT2D eigenvalue weighted by Crippen LogP contribution is -2.05. The van der Waals surface area contributed by atoms with Gasteiger partial charge >= 0.3 is 5.97 Å². The number of imidazole rings is 1. The number of aryl methyl sites for hydroxylation is 1. The van der Waals surface area contributed by atoms with E-state index in [0.29, 0.717) is 11.4 Å². The minimum Gasteiger partial charge on any atom is -0.497 e. The molecule has 0 aliphatic carbocycles. The minimum atomic E-state index is -1.06. The summed E-state index contributed by atoms with van der Waals surface area (Å²) in [6.07, 6.45) is 1.63. The van der Waals surface area contributed by atoms with E-state index in [-0.39, 0.29) is 12.4 Å². The van der Waals surface area contributed by atoms with Crippen LogP contribution in [0.25, 0.3) is 0 Å². The number of nitrogens with zero attached hydrogens (tertiary/aromatic N) is 2. The molecule has 6 heteroatoms. The second-order valence-corrected chi connectivity index (χ2v) is 3.94. The number of aromatic nitrogens is 2. The van der Waals surface area contributed by atoms with Crippen molar-refractivity contribution in [2.75, 3.05) is 7.11 Å². The van der Waals surface area contributed by atoms with E-state index < -0.39 is 5.97 Å². The number of hydrogen-bond donors (Lipinski definition) is 1. The lowest BCUT2D eigenvalue weighted by molar-refractivity contribution is 0.0679. The molecule has 1 heterocycles. The Balaban J connectivity index is 2.01. The van der Waals surface area contributed by atoms with Gasteiger partial charge in [-0.15, -0.1) is 0 Å². The molecule has 1 aromatic heterocycles. The van der Waals surface area contributed by atoms with Crippen LogP contribution in [0.5, 0.6) is 11.5 Å². The molecule has 0 amide bonds. The van der Waals surface area contributed by atoms with Gasteiger partial charge < -0.3 is 19.1 Å². The summed E-state index contributed by atoms with van der Waals surface area (Å²) >= 11 is 0. The van der Waals surface area contributed by atoms with Crippen molar-refractivity contribution < 1.29 is 19.4 Å². The Bertz CT molecular complexity index is 575. The fourth-order valence-electron chi connectivity index (χ4n) is 1.63. The fraction of sp³-hybridized carbons (Fsp3) is 0.231. The van der Waals surface area contributed by atoms with E-state index in [1.807, 2.05) is 0 Å². The van der Waals surface area contributed by atoms with Gasteiger partial charge in [0.1, 0.15) is 18.1 Å². The molecule has 19 heavy (non-hydrogen) atoms. The maximum absolute atomic E-state index is 10.8. The van der Waals surface area contributed by atoms with E-state index in [9.17, 15) is 4.79 Å². The molecule has 100 valence electrons. The third-order valence-electron chi connectivity index (χ3n) is 2.56. The highest BCUT2D eigenvalue weighted by molar-refractivity contribution is 5.83. The standard InChI is InChI=1S/C13H14N2O4/c1-15-7-9(14-12(15)13(16)17)8-19-11-5-3-10(18-2)4-6-11/h3-7H,8H2,1-2H3,(H,16,17). The van der Waals surface area contributed by atoms with Crippen molar-refractivity contribution in [3.8, 4) is 11.5 Å². The number of aromatic carboxylic acids is 1. The largest absolute Gasteiger partial charge is 0.497 e. The quantitative estimate of drug-likeness (QED) is 0.887. The Morgan fingerprint density at radius 1 is 1.32 bits per heavy atom. The number of hydrogen-bond acceptors (Lipinski definition) is 4. The van der Waals surface area contributed by atoms with Gasteiger partial charge in [0.05, 0.1) is 12.8 Å². The van der Waals surface area contributed by atoms with Crippen LogP contribution in [0.3, 0.4) is 0 Å². The molecule has 0 bridgehead atoms. The van der Waals surface area contributed by atoms with E-state index in [2.05, 4.69) is 4.98 Å². The number of carboxylic acids is 1. The minimum absolute atomic E-state index is 0.00618. The molecular formula is C13H14N2O4. The molecule has 1 aromatic carbocycles. The number of rotatable bonds is 5. The zero-order valence-corrected chi connectivity index (χ0v) is 10.7. The number of ether oxygens (including phenoxy) is 2. The molecule has 6 nitrogen and oxygen atoms in total. The summed E-state index contributed by atoms with van der Waals surface area (Å²) in [7, 11) is 3.23. The zero-order valence-electron chi connectivity index (χ0n) is 10.7. The van der Waals surface area contributed by atoms with Crippen LogP contribution >= 0.6 is 0 Å². The fourth-order valence-corrected chi connectivity index (χ4v) is 1.63. The van der Waals surface area contributed by atoms with Gasteiger partial charge in [0, 0.05) is 13.2 Å². The summed E-state index contributed by atoms with van der Waals surface area (Å²) in [5, 5.41) is 8.88. The lowest BCUT2D eigenvalue weighted by atomic mass is 10.3. The molecule has 1 N–H and O–H groups in total.